The summed E-state index contributed by atoms with van der Waals surface area (Å²) in [6.45, 7) is 8.53. The highest BCUT2D eigenvalue weighted by Crippen LogP contribution is 2.06. The van der Waals surface area contributed by atoms with Gasteiger partial charge in [-0.3, -0.25) is 0 Å². The third-order valence-electron chi connectivity index (χ3n) is 2.24. The molecule has 0 atom stereocenters. The third-order valence-corrected chi connectivity index (χ3v) is 2.24. The normalized spacial score (nSPS) is 11.6. The van der Waals surface area contributed by atoms with Crippen LogP contribution in [0.25, 0.3) is 0 Å². The van der Waals surface area contributed by atoms with E-state index in [0.717, 1.165) is 12.8 Å². The fraction of sp³-hybridized carbons (Fsp3) is 0.714. The van der Waals surface area contributed by atoms with Crippen LogP contribution in [0.3, 0.4) is 0 Å². The highest BCUT2D eigenvalue weighted by molar-refractivity contribution is 5.02. The molecule has 0 radical (unpaired) electrons. The van der Waals surface area contributed by atoms with Gasteiger partial charge < -0.3 is 14.2 Å². The van der Waals surface area contributed by atoms with Crippen LogP contribution >= 0.6 is 0 Å². The molecule has 0 aliphatic heterocycles. The first kappa shape index (κ1) is 16.4. The molecule has 0 aliphatic carbocycles. The first-order chi connectivity index (χ1) is 8.16. The summed E-state index contributed by atoms with van der Waals surface area (Å²) in [4.78, 5) is 0. The summed E-state index contributed by atoms with van der Waals surface area (Å²) < 4.78 is 15.3. The molecule has 0 aromatic carbocycles. The van der Waals surface area contributed by atoms with E-state index in [4.69, 9.17) is 14.2 Å². The Bertz CT molecular complexity index is 228. The van der Waals surface area contributed by atoms with Gasteiger partial charge in [-0.2, -0.15) is 0 Å². The van der Waals surface area contributed by atoms with Gasteiger partial charge in [0.15, 0.2) is 0 Å². The number of hydrogen-bond donors (Lipinski definition) is 0. The van der Waals surface area contributed by atoms with Crippen molar-refractivity contribution in [3.05, 3.63) is 23.3 Å². The standard InChI is InChI=1S/C14H26O3/c1-13(2)6-5-7-14(3)8-9-16-12-17-11-10-15-4/h6,8H,5,7,9-12H2,1-4H3/b14-8+. The third kappa shape index (κ3) is 13.3. The molecule has 0 spiro atoms. The molecule has 0 aromatic rings. The number of methoxy groups -OCH3 is 1. The quantitative estimate of drug-likeness (QED) is 0.334. The summed E-state index contributed by atoms with van der Waals surface area (Å²) in [5, 5.41) is 0. The average Bonchev–Trinajstić information content (AvgIpc) is 2.27. The minimum absolute atomic E-state index is 0.334. The maximum atomic E-state index is 5.31. The number of hydrogen-bond acceptors (Lipinski definition) is 3. The van der Waals surface area contributed by atoms with Crippen LogP contribution in [0.15, 0.2) is 23.3 Å². The van der Waals surface area contributed by atoms with Crippen molar-refractivity contribution in [3.63, 3.8) is 0 Å². The second kappa shape index (κ2) is 11.8. The Balaban J connectivity index is 3.40. The van der Waals surface area contributed by atoms with Crippen LogP contribution in [0.4, 0.5) is 0 Å². The van der Waals surface area contributed by atoms with E-state index in [0.29, 0.717) is 26.6 Å². The van der Waals surface area contributed by atoms with Gasteiger partial charge in [-0.25, -0.2) is 0 Å². The van der Waals surface area contributed by atoms with E-state index >= 15 is 0 Å². The van der Waals surface area contributed by atoms with Crippen molar-refractivity contribution in [2.24, 2.45) is 0 Å². The van der Waals surface area contributed by atoms with E-state index in [1.165, 1.54) is 11.1 Å². The maximum Gasteiger partial charge on any atom is 0.147 e. The summed E-state index contributed by atoms with van der Waals surface area (Å²) in [6.07, 6.45) is 6.57. The Morgan fingerprint density at radius 2 is 1.76 bits per heavy atom. The molecule has 0 aliphatic rings. The molecule has 0 fully saturated rings. The van der Waals surface area contributed by atoms with Crippen molar-refractivity contribution in [1.82, 2.24) is 0 Å². The highest BCUT2D eigenvalue weighted by Gasteiger charge is 1.90. The SMILES string of the molecule is COCCOCOC/C=C(\C)CCC=C(C)C. The molecule has 0 heterocycles. The van der Waals surface area contributed by atoms with Gasteiger partial charge in [0.2, 0.25) is 0 Å². The molecule has 0 saturated heterocycles. The van der Waals surface area contributed by atoms with Crippen LogP contribution < -0.4 is 0 Å². The first-order valence-electron chi connectivity index (χ1n) is 6.10. The fourth-order valence-electron chi connectivity index (χ4n) is 1.20. The zero-order valence-electron chi connectivity index (χ0n) is 11.6. The van der Waals surface area contributed by atoms with Crippen molar-refractivity contribution >= 4 is 0 Å². The summed E-state index contributed by atoms with van der Waals surface area (Å²) in [7, 11) is 1.66. The highest BCUT2D eigenvalue weighted by atomic mass is 16.7. The Morgan fingerprint density at radius 1 is 1.00 bits per heavy atom. The summed E-state index contributed by atoms with van der Waals surface area (Å²) in [5.74, 6) is 0. The molecule has 0 bridgehead atoms. The van der Waals surface area contributed by atoms with Gasteiger partial charge in [0.05, 0.1) is 19.8 Å². The van der Waals surface area contributed by atoms with Gasteiger partial charge in [-0.1, -0.05) is 23.3 Å². The van der Waals surface area contributed by atoms with E-state index in [9.17, 15) is 0 Å². The second-order valence-corrected chi connectivity index (χ2v) is 4.26. The Kier molecular flexibility index (Phi) is 11.4. The fourth-order valence-corrected chi connectivity index (χ4v) is 1.20. The van der Waals surface area contributed by atoms with Crippen molar-refractivity contribution in [3.8, 4) is 0 Å². The summed E-state index contributed by atoms with van der Waals surface area (Å²) in [5.41, 5.74) is 2.74. The lowest BCUT2D eigenvalue weighted by molar-refractivity contribution is -0.0572. The number of rotatable bonds is 10. The lowest BCUT2D eigenvalue weighted by Gasteiger charge is -2.04. The minimum Gasteiger partial charge on any atom is -0.382 e. The average molecular weight is 242 g/mol. The van der Waals surface area contributed by atoms with Crippen molar-refractivity contribution in [2.75, 3.05) is 33.7 Å². The summed E-state index contributed by atoms with van der Waals surface area (Å²) >= 11 is 0. The van der Waals surface area contributed by atoms with Crippen LogP contribution in [-0.4, -0.2) is 33.7 Å². The molecule has 3 nitrogen and oxygen atoms in total. The van der Waals surface area contributed by atoms with Crippen molar-refractivity contribution in [1.29, 1.82) is 0 Å². The van der Waals surface area contributed by atoms with Gasteiger partial charge in [0, 0.05) is 7.11 Å². The zero-order chi connectivity index (χ0) is 12.9. The molecule has 100 valence electrons. The predicted molar refractivity (Wildman–Crippen MR) is 71.1 cm³/mol. The van der Waals surface area contributed by atoms with Gasteiger partial charge in [-0.15, -0.1) is 0 Å². The van der Waals surface area contributed by atoms with Crippen LogP contribution in [0, 0.1) is 0 Å². The molecule has 0 amide bonds. The Labute approximate surface area is 105 Å². The van der Waals surface area contributed by atoms with E-state index < -0.39 is 0 Å². The first-order valence-corrected chi connectivity index (χ1v) is 6.10. The van der Waals surface area contributed by atoms with Gasteiger partial charge in [-0.05, 0) is 33.6 Å². The molecular weight excluding hydrogens is 216 g/mol. The Morgan fingerprint density at radius 3 is 2.41 bits per heavy atom. The van der Waals surface area contributed by atoms with Crippen LogP contribution in [0.2, 0.25) is 0 Å². The van der Waals surface area contributed by atoms with E-state index in [-0.39, 0.29) is 0 Å². The molecule has 0 aromatic heterocycles. The van der Waals surface area contributed by atoms with Gasteiger partial charge in [0.25, 0.3) is 0 Å². The van der Waals surface area contributed by atoms with E-state index in [1.54, 1.807) is 7.11 Å². The molecule has 0 rings (SSSR count). The van der Waals surface area contributed by atoms with Crippen molar-refractivity contribution < 1.29 is 14.2 Å². The maximum absolute atomic E-state index is 5.31. The smallest absolute Gasteiger partial charge is 0.147 e. The molecule has 3 heteroatoms. The van der Waals surface area contributed by atoms with Gasteiger partial charge >= 0.3 is 0 Å². The molecule has 0 N–H and O–H groups in total. The molecular formula is C14H26O3. The predicted octanol–water partition coefficient (Wildman–Crippen LogP) is 3.32. The topological polar surface area (TPSA) is 27.7 Å². The zero-order valence-corrected chi connectivity index (χ0v) is 11.6. The van der Waals surface area contributed by atoms with Crippen LogP contribution in [-0.2, 0) is 14.2 Å². The molecule has 0 saturated carbocycles. The lowest BCUT2D eigenvalue weighted by atomic mass is 10.1. The van der Waals surface area contributed by atoms with E-state index in [1.807, 2.05) is 0 Å². The molecule has 0 unspecified atom stereocenters. The second-order valence-electron chi connectivity index (χ2n) is 4.26. The molecule has 17 heavy (non-hydrogen) atoms. The van der Waals surface area contributed by atoms with Gasteiger partial charge in [0.1, 0.15) is 6.79 Å². The number of allylic oxidation sites excluding steroid dienone is 3. The van der Waals surface area contributed by atoms with Crippen molar-refractivity contribution in [2.45, 2.75) is 33.6 Å². The largest absolute Gasteiger partial charge is 0.382 e. The Hall–Kier alpha value is -0.640. The van der Waals surface area contributed by atoms with Crippen LogP contribution in [0.1, 0.15) is 33.6 Å². The lowest BCUT2D eigenvalue weighted by Crippen LogP contribution is -2.05. The minimum atomic E-state index is 0.334. The summed E-state index contributed by atoms with van der Waals surface area (Å²) in [6, 6.07) is 0. The monoisotopic (exact) mass is 242 g/mol. The van der Waals surface area contributed by atoms with E-state index in [2.05, 4.69) is 32.9 Å². The van der Waals surface area contributed by atoms with Crippen LogP contribution in [0.5, 0.6) is 0 Å². The number of ether oxygens (including phenoxy) is 3.